The topological polar surface area (TPSA) is 48.8 Å². The normalized spacial score (nSPS) is 9.38. The van der Waals surface area contributed by atoms with Gasteiger partial charge in [-0.3, -0.25) is 0 Å². The van der Waals surface area contributed by atoms with Crippen LogP contribution in [-0.2, 0) is 6.42 Å². The van der Waals surface area contributed by atoms with Crippen LogP contribution >= 0.6 is 0 Å². The molecule has 13 heavy (non-hydrogen) atoms. The zero-order valence-electron chi connectivity index (χ0n) is 7.99. The minimum atomic E-state index is 0.541. The Balaban J connectivity index is 2.68. The molecule has 0 saturated carbocycles. The first-order valence-electron chi connectivity index (χ1n) is 4.31. The molecule has 0 aliphatic heterocycles. The van der Waals surface area contributed by atoms with E-state index >= 15 is 0 Å². The van der Waals surface area contributed by atoms with E-state index in [1.54, 1.807) is 0 Å². The van der Waals surface area contributed by atoms with Gasteiger partial charge in [0.05, 0.1) is 0 Å². The van der Waals surface area contributed by atoms with Crippen molar-refractivity contribution >= 4 is 0 Å². The molecule has 0 fully saturated rings. The van der Waals surface area contributed by atoms with E-state index < -0.39 is 0 Å². The first-order chi connectivity index (χ1) is 6.24. The molecule has 0 N–H and O–H groups in total. The third-order valence-corrected chi connectivity index (χ3v) is 2.14. The average Bonchev–Trinajstić information content (AvgIpc) is 2.12. The summed E-state index contributed by atoms with van der Waals surface area (Å²) in [4.78, 5) is 2.72. The number of hydrogen-bond acceptors (Lipinski definition) is 1. The van der Waals surface area contributed by atoms with Crippen LogP contribution in [0.25, 0.3) is 10.4 Å². The fourth-order valence-corrected chi connectivity index (χ4v) is 1.18. The molecular weight excluding hydrogens is 162 g/mol. The Morgan fingerprint density at radius 2 is 2.08 bits per heavy atom. The van der Waals surface area contributed by atoms with Crippen LogP contribution in [0.3, 0.4) is 0 Å². The number of nitrogens with zero attached hydrogens (tertiary/aromatic N) is 3. The maximum atomic E-state index is 8.10. The SMILES string of the molecule is Cc1ccc(CCN=[N+]=[N-])cc1C. The molecular formula is C10H13N3. The van der Waals surface area contributed by atoms with E-state index in [9.17, 15) is 0 Å². The molecule has 0 radical (unpaired) electrons. The van der Waals surface area contributed by atoms with E-state index in [2.05, 4.69) is 42.1 Å². The molecule has 0 spiro atoms. The van der Waals surface area contributed by atoms with E-state index in [1.807, 2.05) is 0 Å². The van der Waals surface area contributed by atoms with Crippen molar-refractivity contribution in [3.63, 3.8) is 0 Å². The van der Waals surface area contributed by atoms with Gasteiger partial charge in [-0.05, 0) is 42.5 Å². The number of aryl methyl sites for hydroxylation is 2. The minimum Gasteiger partial charge on any atom is -0.0936 e. The number of rotatable bonds is 3. The van der Waals surface area contributed by atoms with Gasteiger partial charge in [-0.1, -0.05) is 23.3 Å². The third-order valence-electron chi connectivity index (χ3n) is 2.14. The van der Waals surface area contributed by atoms with E-state index in [0.717, 1.165) is 6.42 Å². The molecule has 0 bridgehead atoms. The quantitative estimate of drug-likeness (QED) is 0.385. The molecule has 3 nitrogen and oxygen atoms in total. The van der Waals surface area contributed by atoms with Gasteiger partial charge in [-0.15, -0.1) is 0 Å². The predicted octanol–water partition coefficient (Wildman–Crippen LogP) is 3.16. The van der Waals surface area contributed by atoms with Crippen LogP contribution in [0.5, 0.6) is 0 Å². The lowest BCUT2D eigenvalue weighted by molar-refractivity contribution is 0.953. The van der Waals surface area contributed by atoms with Crippen molar-refractivity contribution in [2.75, 3.05) is 6.54 Å². The molecule has 0 atom stereocenters. The fourth-order valence-electron chi connectivity index (χ4n) is 1.18. The van der Waals surface area contributed by atoms with Gasteiger partial charge in [0.2, 0.25) is 0 Å². The molecule has 0 aliphatic carbocycles. The Labute approximate surface area is 78.0 Å². The van der Waals surface area contributed by atoms with E-state index in [4.69, 9.17) is 5.53 Å². The van der Waals surface area contributed by atoms with Crippen molar-refractivity contribution in [3.8, 4) is 0 Å². The fraction of sp³-hybridized carbons (Fsp3) is 0.400. The standard InChI is InChI=1S/C10H13N3/c1-8-3-4-10(7-9(8)2)5-6-12-13-11/h3-4,7H,5-6H2,1-2H3. The summed E-state index contributed by atoms with van der Waals surface area (Å²) in [6.07, 6.45) is 0.825. The van der Waals surface area contributed by atoms with Crippen molar-refractivity contribution < 1.29 is 0 Å². The molecule has 0 saturated heterocycles. The maximum absolute atomic E-state index is 8.10. The summed E-state index contributed by atoms with van der Waals surface area (Å²) in [7, 11) is 0. The highest BCUT2D eigenvalue weighted by Gasteiger charge is 1.95. The Morgan fingerprint density at radius 3 is 2.69 bits per heavy atom. The van der Waals surface area contributed by atoms with Gasteiger partial charge < -0.3 is 0 Å². The molecule has 0 aromatic heterocycles. The van der Waals surface area contributed by atoms with Crippen LogP contribution in [-0.4, -0.2) is 6.54 Å². The number of azide groups is 1. The Bertz CT molecular complexity index is 338. The lowest BCUT2D eigenvalue weighted by atomic mass is 10.0. The number of benzene rings is 1. The summed E-state index contributed by atoms with van der Waals surface area (Å²) in [6, 6.07) is 6.32. The van der Waals surface area contributed by atoms with Gasteiger partial charge in [0.1, 0.15) is 0 Å². The zero-order chi connectivity index (χ0) is 9.68. The largest absolute Gasteiger partial charge is 0.0936 e. The molecule has 0 heterocycles. The molecule has 0 amide bonds. The van der Waals surface area contributed by atoms with Crippen molar-refractivity contribution in [2.24, 2.45) is 5.11 Å². The first-order valence-corrected chi connectivity index (χ1v) is 4.31. The molecule has 1 aromatic rings. The highest BCUT2D eigenvalue weighted by atomic mass is 15.1. The van der Waals surface area contributed by atoms with E-state index in [0.29, 0.717) is 6.54 Å². The summed E-state index contributed by atoms with van der Waals surface area (Å²) in [5.74, 6) is 0. The van der Waals surface area contributed by atoms with Crippen LogP contribution < -0.4 is 0 Å². The average molecular weight is 175 g/mol. The van der Waals surface area contributed by atoms with Gasteiger partial charge in [0.15, 0.2) is 0 Å². The van der Waals surface area contributed by atoms with Crippen LogP contribution in [0.4, 0.5) is 0 Å². The summed E-state index contributed by atoms with van der Waals surface area (Å²) in [6.45, 7) is 4.72. The Kier molecular flexibility index (Phi) is 3.35. The van der Waals surface area contributed by atoms with Crippen LogP contribution in [0.1, 0.15) is 16.7 Å². The third kappa shape index (κ3) is 2.80. The van der Waals surface area contributed by atoms with Crippen LogP contribution in [0, 0.1) is 13.8 Å². The van der Waals surface area contributed by atoms with Crippen molar-refractivity contribution in [1.82, 2.24) is 0 Å². The monoisotopic (exact) mass is 175 g/mol. The van der Waals surface area contributed by atoms with Gasteiger partial charge in [-0.25, -0.2) is 0 Å². The molecule has 1 aromatic carbocycles. The Morgan fingerprint density at radius 1 is 1.31 bits per heavy atom. The second-order valence-corrected chi connectivity index (χ2v) is 3.12. The molecule has 1 rings (SSSR count). The molecule has 68 valence electrons. The Hall–Kier alpha value is -1.47. The molecule has 0 unspecified atom stereocenters. The minimum absolute atomic E-state index is 0.541. The highest BCUT2D eigenvalue weighted by molar-refractivity contribution is 5.29. The van der Waals surface area contributed by atoms with Crippen molar-refractivity contribution in [2.45, 2.75) is 20.3 Å². The zero-order valence-corrected chi connectivity index (χ0v) is 7.99. The smallest absolute Gasteiger partial charge is 0.0298 e. The van der Waals surface area contributed by atoms with Crippen molar-refractivity contribution in [3.05, 3.63) is 45.3 Å². The summed E-state index contributed by atoms with van der Waals surface area (Å²) >= 11 is 0. The lowest BCUT2D eigenvalue weighted by Gasteiger charge is -2.02. The second kappa shape index (κ2) is 4.53. The van der Waals surface area contributed by atoms with Gasteiger partial charge >= 0.3 is 0 Å². The van der Waals surface area contributed by atoms with Crippen LogP contribution in [0.15, 0.2) is 23.3 Å². The first kappa shape index (κ1) is 9.62. The van der Waals surface area contributed by atoms with Gasteiger partial charge in [0, 0.05) is 11.5 Å². The number of hydrogen-bond donors (Lipinski definition) is 0. The molecule has 0 aliphatic rings. The van der Waals surface area contributed by atoms with E-state index in [-0.39, 0.29) is 0 Å². The van der Waals surface area contributed by atoms with Gasteiger partial charge in [0.25, 0.3) is 0 Å². The van der Waals surface area contributed by atoms with Crippen LogP contribution in [0.2, 0.25) is 0 Å². The lowest BCUT2D eigenvalue weighted by Crippen LogP contribution is -1.90. The molecule has 3 heteroatoms. The van der Waals surface area contributed by atoms with E-state index in [1.165, 1.54) is 16.7 Å². The van der Waals surface area contributed by atoms with Crippen molar-refractivity contribution in [1.29, 1.82) is 0 Å². The maximum Gasteiger partial charge on any atom is 0.0298 e. The highest BCUT2D eigenvalue weighted by Crippen LogP contribution is 2.10. The predicted molar refractivity (Wildman–Crippen MR) is 53.6 cm³/mol. The van der Waals surface area contributed by atoms with Gasteiger partial charge in [-0.2, -0.15) is 0 Å². The summed E-state index contributed by atoms with van der Waals surface area (Å²) in [5, 5.41) is 3.50. The summed E-state index contributed by atoms with van der Waals surface area (Å²) < 4.78 is 0. The second-order valence-electron chi connectivity index (χ2n) is 3.12. The summed E-state index contributed by atoms with van der Waals surface area (Å²) in [5.41, 5.74) is 11.9.